The summed E-state index contributed by atoms with van der Waals surface area (Å²) in [6.07, 6.45) is 14.8. The van der Waals surface area contributed by atoms with Gasteiger partial charge in [0.05, 0.1) is 12.5 Å². The van der Waals surface area contributed by atoms with Crippen LogP contribution in [0.2, 0.25) is 0 Å². The van der Waals surface area contributed by atoms with Gasteiger partial charge in [-0.15, -0.1) is 0 Å². The topological polar surface area (TPSA) is 9.23 Å². The van der Waals surface area contributed by atoms with E-state index < -0.39 is 12.6 Å². The van der Waals surface area contributed by atoms with Gasteiger partial charge in [-0.05, 0) is 86.7 Å². The third-order valence-electron chi connectivity index (χ3n) is 8.11. The van der Waals surface area contributed by atoms with E-state index in [1.54, 1.807) is 12.1 Å². The van der Waals surface area contributed by atoms with Crippen molar-refractivity contribution in [1.29, 1.82) is 0 Å². The molecule has 0 amide bonds. The molecule has 0 heterocycles. The first-order valence-corrected chi connectivity index (χ1v) is 13.7. The zero-order valence-corrected chi connectivity index (χ0v) is 20.7. The quantitative estimate of drug-likeness (QED) is 0.279. The molecule has 33 heavy (non-hydrogen) atoms. The van der Waals surface area contributed by atoms with E-state index >= 15 is 0 Å². The molecule has 0 spiro atoms. The van der Waals surface area contributed by atoms with Crippen LogP contribution in [0.5, 0.6) is 0 Å². The van der Waals surface area contributed by atoms with Gasteiger partial charge in [-0.25, -0.2) is 0 Å². The Morgan fingerprint density at radius 1 is 0.727 bits per heavy atom. The number of halogens is 3. The minimum absolute atomic E-state index is 0.367. The second-order valence-corrected chi connectivity index (χ2v) is 10.7. The number of unbranched alkanes of at least 4 members (excludes halogenated alkanes) is 6. The first kappa shape index (κ1) is 26.6. The second-order valence-electron chi connectivity index (χ2n) is 10.7. The lowest BCUT2D eigenvalue weighted by molar-refractivity contribution is -0.127. The van der Waals surface area contributed by atoms with E-state index in [4.69, 9.17) is 4.74 Å². The molecule has 1 nitrogen and oxygen atoms in total. The molecule has 1 aromatic carbocycles. The molecule has 0 atom stereocenters. The van der Waals surface area contributed by atoms with Crippen LogP contribution < -0.4 is 0 Å². The van der Waals surface area contributed by atoms with Gasteiger partial charge < -0.3 is 4.74 Å². The molecular weight excluding hydrogens is 421 g/mol. The molecule has 0 unspecified atom stereocenters. The van der Waals surface area contributed by atoms with Crippen molar-refractivity contribution >= 4 is 0 Å². The fourth-order valence-corrected chi connectivity index (χ4v) is 6.10. The summed E-state index contributed by atoms with van der Waals surface area (Å²) >= 11 is 0. The van der Waals surface area contributed by atoms with Crippen molar-refractivity contribution in [2.24, 2.45) is 11.8 Å². The van der Waals surface area contributed by atoms with Crippen molar-refractivity contribution in [2.75, 3.05) is 6.61 Å². The van der Waals surface area contributed by atoms with Gasteiger partial charge >= 0.3 is 6.18 Å². The lowest BCUT2D eigenvalue weighted by Crippen LogP contribution is -2.28. The van der Waals surface area contributed by atoms with Gasteiger partial charge in [-0.1, -0.05) is 69.7 Å². The summed E-state index contributed by atoms with van der Waals surface area (Å²) in [5.41, 5.74) is 1.59. The first-order valence-electron chi connectivity index (χ1n) is 13.7. The normalized spacial score (nSPS) is 26.4. The summed E-state index contributed by atoms with van der Waals surface area (Å²) in [5.74, 6) is 2.19. The molecule has 188 valence electrons. The van der Waals surface area contributed by atoms with Crippen molar-refractivity contribution in [1.82, 2.24) is 0 Å². The fourth-order valence-electron chi connectivity index (χ4n) is 6.10. The Hall–Kier alpha value is -1.03. The van der Waals surface area contributed by atoms with E-state index in [9.17, 15) is 13.2 Å². The molecule has 0 saturated heterocycles. The summed E-state index contributed by atoms with van der Waals surface area (Å²) in [6.45, 7) is 3.20. The Kier molecular flexibility index (Phi) is 11.1. The molecule has 2 aliphatic rings. The third-order valence-corrected chi connectivity index (χ3v) is 8.11. The molecule has 0 aromatic heterocycles. The largest absolute Gasteiger partial charge is 0.393 e. The summed E-state index contributed by atoms with van der Waals surface area (Å²) in [6, 6.07) is 7.20. The van der Waals surface area contributed by atoms with Crippen LogP contribution >= 0.6 is 0 Å². The number of hydrogen-bond donors (Lipinski definition) is 0. The summed E-state index contributed by atoms with van der Waals surface area (Å²) in [4.78, 5) is 0. The van der Waals surface area contributed by atoms with Crippen molar-refractivity contribution in [3.8, 4) is 0 Å². The minimum Gasteiger partial charge on any atom is -0.378 e. The Labute approximate surface area is 199 Å². The average Bonchev–Trinajstić information content (AvgIpc) is 2.81. The monoisotopic (exact) mass is 466 g/mol. The van der Waals surface area contributed by atoms with Crippen LogP contribution in [0.4, 0.5) is 13.2 Å². The molecule has 0 N–H and O–H groups in total. The van der Waals surface area contributed by atoms with Gasteiger partial charge in [0, 0.05) is 6.61 Å². The number of alkyl halides is 3. The van der Waals surface area contributed by atoms with Gasteiger partial charge in [-0.2, -0.15) is 13.2 Å². The molecule has 0 radical (unpaired) electrons. The molecule has 3 rings (SSSR count). The van der Waals surface area contributed by atoms with Crippen molar-refractivity contribution < 1.29 is 17.9 Å². The highest BCUT2D eigenvalue weighted by molar-refractivity contribution is 5.26. The Bertz CT molecular complexity index is 638. The van der Waals surface area contributed by atoms with Gasteiger partial charge in [0.15, 0.2) is 0 Å². The molecule has 4 heteroatoms. The number of ether oxygens (including phenoxy) is 1. The summed E-state index contributed by atoms with van der Waals surface area (Å²) < 4.78 is 43.9. The van der Waals surface area contributed by atoms with Crippen LogP contribution in [0.25, 0.3) is 0 Å². The average molecular weight is 467 g/mol. The molecule has 2 fully saturated rings. The third kappa shape index (κ3) is 9.62. The van der Waals surface area contributed by atoms with Gasteiger partial charge in [0.25, 0.3) is 0 Å². The second kappa shape index (κ2) is 13.8. The Balaban J connectivity index is 1.28. The maximum atomic E-state index is 12.6. The van der Waals surface area contributed by atoms with Gasteiger partial charge in [-0.3, -0.25) is 0 Å². The summed E-state index contributed by atoms with van der Waals surface area (Å²) in [5, 5.41) is 0. The van der Waals surface area contributed by atoms with Crippen LogP contribution in [0, 0.1) is 11.8 Å². The summed E-state index contributed by atoms with van der Waals surface area (Å²) in [7, 11) is 0. The van der Waals surface area contributed by atoms with E-state index in [-0.39, 0.29) is 0 Å². The molecular formula is C29H45F3O. The molecule has 0 bridgehead atoms. The maximum absolute atomic E-state index is 12.6. The molecule has 0 aliphatic heterocycles. The first-order chi connectivity index (χ1) is 15.9. The van der Waals surface area contributed by atoms with Crippen molar-refractivity contribution in [3.05, 3.63) is 35.4 Å². The molecule has 2 aliphatic carbocycles. The highest BCUT2D eigenvalue weighted by Crippen LogP contribution is 2.43. The Morgan fingerprint density at radius 2 is 1.27 bits per heavy atom. The SMILES string of the molecule is CCCCCCCCCO[C@H]1CC[C@H]([C@H]2CC[C@H](c3ccc(CC(F)(F)F)cc3)CC2)CC1. The fraction of sp³-hybridized carbons (Fsp3) is 0.793. The predicted molar refractivity (Wildman–Crippen MR) is 131 cm³/mol. The van der Waals surface area contributed by atoms with Crippen LogP contribution in [0.15, 0.2) is 24.3 Å². The molecule has 2 saturated carbocycles. The van der Waals surface area contributed by atoms with E-state index in [2.05, 4.69) is 6.92 Å². The van der Waals surface area contributed by atoms with E-state index in [0.29, 0.717) is 17.6 Å². The van der Waals surface area contributed by atoms with Crippen molar-refractivity contribution in [2.45, 2.75) is 128 Å². The van der Waals surface area contributed by atoms with Crippen LogP contribution in [0.3, 0.4) is 0 Å². The smallest absolute Gasteiger partial charge is 0.378 e. The number of hydrogen-bond acceptors (Lipinski definition) is 1. The molecule has 1 aromatic rings. The van der Waals surface area contributed by atoms with Gasteiger partial charge in [0.2, 0.25) is 0 Å². The highest BCUT2D eigenvalue weighted by atomic mass is 19.4. The van der Waals surface area contributed by atoms with E-state index in [1.165, 1.54) is 102 Å². The minimum atomic E-state index is -4.13. The zero-order valence-electron chi connectivity index (χ0n) is 20.7. The number of rotatable bonds is 12. The van der Waals surface area contributed by atoms with E-state index in [1.807, 2.05) is 12.1 Å². The standard InChI is InChI=1S/C29H45F3O/c1-2-3-4-5-6-7-8-21-33-28-19-17-27(18-20-28)26-15-13-25(14-16-26)24-11-9-23(10-12-24)22-29(30,31)32/h9-12,25-28H,2-8,13-22H2,1H3/t25-,26-,27-,28-. The number of benzene rings is 1. The lowest BCUT2D eigenvalue weighted by Gasteiger charge is -2.38. The zero-order chi connectivity index (χ0) is 23.5. The Morgan fingerprint density at radius 3 is 1.85 bits per heavy atom. The van der Waals surface area contributed by atoms with Crippen LogP contribution in [-0.2, 0) is 11.2 Å². The van der Waals surface area contributed by atoms with Crippen LogP contribution in [0.1, 0.15) is 120 Å². The predicted octanol–water partition coefficient (Wildman–Crippen LogP) is 9.39. The lowest BCUT2D eigenvalue weighted by atomic mass is 9.69. The van der Waals surface area contributed by atoms with Crippen LogP contribution in [-0.4, -0.2) is 18.9 Å². The van der Waals surface area contributed by atoms with E-state index in [0.717, 1.165) is 18.4 Å². The van der Waals surface area contributed by atoms with Gasteiger partial charge in [0.1, 0.15) is 0 Å². The maximum Gasteiger partial charge on any atom is 0.393 e. The van der Waals surface area contributed by atoms with Crippen molar-refractivity contribution in [3.63, 3.8) is 0 Å². The highest BCUT2D eigenvalue weighted by Gasteiger charge is 2.32.